The van der Waals surface area contributed by atoms with E-state index in [2.05, 4.69) is 21.8 Å². The zero-order valence-electron chi connectivity index (χ0n) is 13.9. The van der Waals surface area contributed by atoms with Crippen LogP contribution in [0.25, 0.3) is 0 Å². The molecular weight excluding hydrogens is 354 g/mol. The van der Waals surface area contributed by atoms with Gasteiger partial charge < -0.3 is 4.90 Å². The number of nitrogens with zero attached hydrogens (tertiary/aromatic N) is 4. The molecule has 8 heteroatoms. The highest BCUT2D eigenvalue weighted by molar-refractivity contribution is 7.97. The first-order valence-corrected chi connectivity index (χ1v) is 9.60. The topological polar surface area (TPSA) is 92.8 Å². The summed E-state index contributed by atoms with van der Waals surface area (Å²) in [6.07, 6.45) is 2.91. The second-order valence-electron chi connectivity index (χ2n) is 5.11. The third-order valence-corrected chi connectivity index (χ3v) is 4.79. The van der Waals surface area contributed by atoms with Crippen LogP contribution in [0, 0.1) is 29.6 Å². The smallest absolute Gasteiger partial charge is 0.280 e. The quantitative estimate of drug-likeness (QED) is 0.588. The molecule has 1 heterocycles. The maximum atomic E-state index is 12.1. The molecule has 0 aliphatic rings. The number of benzene rings is 1. The van der Waals surface area contributed by atoms with Crippen molar-refractivity contribution in [3.63, 3.8) is 0 Å². The van der Waals surface area contributed by atoms with E-state index in [-0.39, 0.29) is 5.91 Å². The SMILES string of the molecule is CSNC(=O)c1nc(N(CCCC#N)c2ccc(C#N)cc2)sc1C. The van der Waals surface area contributed by atoms with Gasteiger partial charge in [0.05, 0.1) is 17.7 Å². The lowest BCUT2D eigenvalue weighted by molar-refractivity contribution is 0.0980. The minimum Gasteiger partial charge on any atom is -0.318 e. The molecule has 1 N–H and O–H groups in total. The number of amides is 1. The van der Waals surface area contributed by atoms with Gasteiger partial charge in [0.2, 0.25) is 0 Å². The molecule has 6 nitrogen and oxygen atoms in total. The van der Waals surface area contributed by atoms with Crippen LogP contribution in [0.5, 0.6) is 0 Å². The molecule has 0 unspecified atom stereocenters. The minimum atomic E-state index is -0.218. The van der Waals surface area contributed by atoms with Crippen molar-refractivity contribution < 1.29 is 4.79 Å². The summed E-state index contributed by atoms with van der Waals surface area (Å²) in [4.78, 5) is 19.4. The maximum Gasteiger partial charge on any atom is 0.280 e. The first-order valence-electron chi connectivity index (χ1n) is 7.56. The number of anilines is 2. The van der Waals surface area contributed by atoms with Crippen molar-refractivity contribution in [2.24, 2.45) is 0 Å². The average Bonchev–Trinajstić information content (AvgIpc) is 3.01. The monoisotopic (exact) mass is 371 g/mol. The highest BCUT2D eigenvalue weighted by Gasteiger charge is 2.20. The summed E-state index contributed by atoms with van der Waals surface area (Å²) in [5, 5.41) is 18.4. The van der Waals surface area contributed by atoms with E-state index in [0.717, 1.165) is 10.6 Å². The van der Waals surface area contributed by atoms with Gasteiger partial charge >= 0.3 is 0 Å². The Morgan fingerprint density at radius 1 is 1.36 bits per heavy atom. The first-order chi connectivity index (χ1) is 12.1. The summed E-state index contributed by atoms with van der Waals surface area (Å²) in [5.41, 5.74) is 1.87. The number of aromatic nitrogens is 1. The molecule has 1 aromatic carbocycles. The highest BCUT2D eigenvalue weighted by Crippen LogP contribution is 2.32. The van der Waals surface area contributed by atoms with Crippen molar-refractivity contribution in [2.75, 3.05) is 17.7 Å². The van der Waals surface area contributed by atoms with Crippen LogP contribution in [0.4, 0.5) is 10.8 Å². The third kappa shape index (κ3) is 4.72. The lowest BCUT2D eigenvalue weighted by Gasteiger charge is -2.21. The Bertz CT molecular complexity index is 817. The molecule has 2 rings (SSSR count). The van der Waals surface area contributed by atoms with Crippen LogP contribution in [0.15, 0.2) is 24.3 Å². The number of carbonyl (C=O) groups is 1. The normalized spacial score (nSPS) is 9.92. The number of nitriles is 2. The Kier molecular flexibility index (Phi) is 6.81. The molecular formula is C17H17N5OS2. The fourth-order valence-corrected chi connectivity index (χ4v) is 3.45. The van der Waals surface area contributed by atoms with Gasteiger partial charge in [-0.1, -0.05) is 11.9 Å². The van der Waals surface area contributed by atoms with E-state index < -0.39 is 0 Å². The van der Waals surface area contributed by atoms with Crippen molar-refractivity contribution in [2.45, 2.75) is 19.8 Å². The molecule has 128 valence electrons. The summed E-state index contributed by atoms with van der Waals surface area (Å²) in [7, 11) is 0. The van der Waals surface area contributed by atoms with E-state index in [1.165, 1.54) is 23.3 Å². The van der Waals surface area contributed by atoms with Crippen LogP contribution < -0.4 is 9.62 Å². The molecule has 0 saturated carbocycles. The molecule has 0 aliphatic carbocycles. The second-order valence-corrected chi connectivity index (χ2v) is 6.90. The summed E-state index contributed by atoms with van der Waals surface area (Å²) < 4.78 is 2.69. The number of nitrogens with one attached hydrogen (secondary N) is 1. The van der Waals surface area contributed by atoms with Gasteiger partial charge in [0.15, 0.2) is 5.13 Å². The first kappa shape index (κ1) is 18.8. The van der Waals surface area contributed by atoms with Crippen molar-refractivity contribution in [3.05, 3.63) is 40.4 Å². The molecule has 25 heavy (non-hydrogen) atoms. The zero-order valence-corrected chi connectivity index (χ0v) is 15.6. The predicted octanol–water partition coefficient (Wildman–Crippen LogP) is 3.77. The van der Waals surface area contributed by atoms with Gasteiger partial charge in [-0.2, -0.15) is 10.5 Å². The van der Waals surface area contributed by atoms with E-state index in [1.54, 1.807) is 18.4 Å². The molecule has 2 aromatic rings. The molecule has 0 atom stereocenters. The molecule has 0 bridgehead atoms. The van der Waals surface area contributed by atoms with Crippen LogP contribution in [0.1, 0.15) is 33.8 Å². The fraction of sp³-hybridized carbons (Fsp3) is 0.294. The van der Waals surface area contributed by atoms with Crippen LogP contribution in [0.3, 0.4) is 0 Å². The Morgan fingerprint density at radius 2 is 2.08 bits per heavy atom. The van der Waals surface area contributed by atoms with Gasteiger partial charge in [-0.3, -0.25) is 9.52 Å². The lowest BCUT2D eigenvalue weighted by Crippen LogP contribution is -2.20. The van der Waals surface area contributed by atoms with E-state index in [4.69, 9.17) is 10.5 Å². The van der Waals surface area contributed by atoms with Gasteiger partial charge in [0, 0.05) is 29.8 Å². The largest absolute Gasteiger partial charge is 0.318 e. The third-order valence-electron chi connectivity index (χ3n) is 3.40. The fourth-order valence-electron chi connectivity index (χ4n) is 2.22. The molecule has 0 radical (unpaired) electrons. The van der Waals surface area contributed by atoms with Crippen LogP contribution in [0.2, 0.25) is 0 Å². The molecule has 0 saturated heterocycles. The Balaban J connectivity index is 2.35. The number of hydrogen-bond acceptors (Lipinski definition) is 7. The van der Waals surface area contributed by atoms with Crippen molar-refractivity contribution in [1.82, 2.24) is 9.71 Å². The van der Waals surface area contributed by atoms with Crippen LogP contribution >= 0.6 is 23.3 Å². The summed E-state index contributed by atoms with van der Waals surface area (Å²) in [6.45, 7) is 2.47. The highest BCUT2D eigenvalue weighted by atomic mass is 32.2. The minimum absolute atomic E-state index is 0.218. The molecule has 1 aromatic heterocycles. The summed E-state index contributed by atoms with van der Waals surface area (Å²) >= 11 is 2.67. The van der Waals surface area contributed by atoms with E-state index in [1.807, 2.05) is 24.0 Å². The van der Waals surface area contributed by atoms with Crippen LogP contribution in [-0.2, 0) is 0 Å². The molecule has 0 aliphatic heterocycles. The molecule has 0 fully saturated rings. The van der Waals surface area contributed by atoms with Gasteiger partial charge in [0.25, 0.3) is 5.91 Å². The summed E-state index contributed by atoms with van der Waals surface area (Å²) in [6, 6.07) is 11.4. The number of aryl methyl sites for hydroxylation is 1. The van der Waals surface area contributed by atoms with E-state index in [0.29, 0.717) is 35.8 Å². The van der Waals surface area contributed by atoms with E-state index in [9.17, 15) is 4.79 Å². The van der Waals surface area contributed by atoms with E-state index >= 15 is 0 Å². The Morgan fingerprint density at radius 3 is 2.68 bits per heavy atom. The van der Waals surface area contributed by atoms with Gasteiger partial charge in [0.1, 0.15) is 5.69 Å². The van der Waals surface area contributed by atoms with Crippen molar-refractivity contribution in [1.29, 1.82) is 10.5 Å². The Hall–Kier alpha value is -2.55. The van der Waals surface area contributed by atoms with Crippen molar-refractivity contribution in [3.8, 4) is 12.1 Å². The number of hydrogen-bond donors (Lipinski definition) is 1. The summed E-state index contributed by atoms with van der Waals surface area (Å²) in [5.74, 6) is -0.218. The van der Waals surface area contributed by atoms with Gasteiger partial charge in [-0.25, -0.2) is 4.98 Å². The Labute approximate surface area is 155 Å². The number of carbonyl (C=O) groups excluding carboxylic acids is 1. The zero-order chi connectivity index (χ0) is 18.2. The van der Waals surface area contributed by atoms with Crippen molar-refractivity contribution >= 4 is 40.0 Å². The van der Waals surface area contributed by atoms with Gasteiger partial charge in [-0.05, 0) is 37.6 Å². The average molecular weight is 371 g/mol. The maximum absolute atomic E-state index is 12.1. The predicted molar refractivity (Wildman–Crippen MR) is 101 cm³/mol. The number of thiazole rings is 1. The molecule has 1 amide bonds. The number of unbranched alkanes of at least 4 members (excludes halogenated alkanes) is 1. The lowest BCUT2D eigenvalue weighted by atomic mass is 10.2. The molecule has 0 spiro atoms. The number of rotatable bonds is 7. The van der Waals surface area contributed by atoms with Gasteiger partial charge in [-0.15, -0.1) is 11.3 Å². The standard InChI is InChI=1S/C17H17N5OS2/c1-12-15(16(23)21-24-2)20-17(25-12)22(10-4-3-9-18)14-7-5-13(11-19)6-8-14/h5-8H,3-4,10H2,1-2H3,(H,21,23). The van der Waals surface area contributed by atoms with Crippen LogP contribution in [-0.4, -0.2) is 23.7 Å². The second kappa shape index (κ2) is 9.07.